The lowest BCUT2D eigenvalue weighted by atomic mass is 10.1. The van der Waals surface area contributed by atoms with Crippen LogP contribution in [0.15, 0.2) is 36.7 Å². The van der Waals surface area contributed by atoms with Gasteiger partial charge in [-0.15, -0.1) is 0 Å². The number of hydrogen-bond donors (Lipinski definition) is 0. The molecule has 2 aromatic heterocycles. The number of hydrogen-bond acceptors (Lipinski definition) is 7. The van der Waals surface area contributed by atoms with Crippen molar-refractivity contribution in [2.75, 3.05) is 41.4 Å². The zero-order valence-electron chi connectivity index (χ0n) is 19.1. The average Bonchev–Trinajstić information content (AvgIpc) is 3.46. The third-order valence-electron chi connectivity index (χ3n) is 5.94. The molecule has 4 rings (SSSR count). The second-order valence-electron chi connectivity index (χ2n) is 8.02. The van der Waals surface area contributed by atoms with E-state index in [-0.39, 0.29) is 5.91 Å². The Morgan fingerprint density at radius 3 is 2.69 bits per heavy atom. The zero-order valence-corrected chi connectivity index (χ0v) is 19.1. The molecule has 0 saturated carbocycles. The van der Waals surface area contributed by atoms with Gasteiger partial charge in [-0.05, 0) is 51.7 Å². The van der Waals surface area contributed by atoms with Crippen molar-refractivity contribution >= 4 is 5.91 Å². The summed E-state index contributed by atoms with van der Waals surface area (Å²) < 4.78 is 12.4. The van der Waals surface area contributed by atoms with Gasteiger partial charge in [-0.1, -0.05) is 0 Å². The smallest absolute Gasteiger partial charge is 0.257 e. The molecule has 0 bridgehead atoms. The molecular weight excluding hydrogens is 408 g/mol. The van der Waals surface area contributed by atoms with Crippen LogP contribution >= 0.6 is 0 Å². The number of ether oxygens (including phenoxy) is 2. The Morgan fingerprint density at radius 2 is 2.00 bits per heavy atom. The predicted octanol–water partition coefficient (Wildman–Crippen LogP) is 2.43. The molecule has 0 N–H and O–H groups in total. The zero-order chi connectivity index (χ0) is 22.8. The van der Waals surface area contributed by atoms with Crippen molar-refractivity contribution in [1.29, 1.82) is 0 Å². The summed E-state index contributed by atoms with van der Waals surface area (Å²) in [6.45, 7) is 3.33. The highest BCUT2D eigenvalue weighted by molar-refractivity contribution is 5.95. The number of likely N-dealkylation sites (tertiary alicyclic amines) is 1. The first-order valence-electron chi connectivity index (χ1n) is 10.5. The summed E-state index contributed by atoms with van der Waals surface area (Å²) in [5.41, 5.74) is 2.72. The van der Waals surface area contributed by atoms with E-state index < -0.39 is 0 Å². The van der Waals surface area contributed by atoms with Crippen molar-refractivity contribution in [2.45, 2.75) is 19.4 Å². The average molecular weight is 437 g/mol. The molecule has 1 aromatic carbocycles. The topological polar surface area (TPSA) is 85.6 Å². The Balaban J connectivity index is 1.64. The van der Waals surface area contributed by atoms with Crippen molar-refractivity contribution in [2.24, 2.45) is 0 Å². The molecule has 9 nitrogen and oxygen atoms in total. The van der Waals surface area contributed by atoms with Gasteiger partial charge >= 0.3 is 0 Å². The third-order valence-corrected chi connectivity index (χ3v) is 5.94. The molecule has 1 amide bonds. The fraction of sp³-hybridized carbons (Fsp3) is 0.391. The van der Waals surface area contributed by atoms with Crippen LogP contribution in [0.1, 0.15) is 22.5 Å². The number of nitrogens with zero attached hydrogens (tertiary/aromatic N) is 6. The maximum absolute atomic E-state index is 13.1. The number of carbonyl (C=O) groups excluding carboxylic acids is 1. The molecule has 0 radical (unpaired) electrons. The highest BCUT2D eigenvalue weighted by Crippen LogP contribution is 2.32. The number of rotatable bonds is 6. The number of carbonyl (C=O) groups is 1. The van der Waals surface area contributed by atoms with Crippen molar-refractivity contribution < 1.29 is 14.3 Å². The van der Waals surface area contributed by atoms with E-state index in [1.54, 1.807) is 37.4 Å². The normalized spacial score (nSPS) is 15.9. The summed E-state index contributed by atoms with van der Waals surface area (Å²) in [4.78, 5) is 26.2. The lowest BCUT2D eigenvalue weighted by Crippen LogP contribution is -2.34. The van der Waals surface area contributed by atoms with Crippen LogP contribution in [0.5, 0.6) is 11.5 Å². The van der Waals surface area contributed by atoms with Crippen LogP contribution in [0.3, 0.4) is 0 Å². The van der Waals surface area contributed by atoms with Gasteiger partial charge in [-0.2, -0.15) is 5.10 Å². The van der Waals surface area contributed by atoms with Crippen LogP contribution in [-0.4, -0.2) is 82.9 Å². The first kappa shape index (κ1) is 21.8. The Labute approximate surface area is 187 Å². The number of amides is 1. The van der Waals surface area contributed by atoms with Crippen molar-refractivity contribution in [1.82, 2.24) is 29.5 Å². The monoisotopic (exact) mass is 436 g/mol. The van der Waals surface area contributed by atoms with Crippen molar-refractivity contribution in [3.63, 3.8) is 0 Å². The predicted molar refractivity (Wildman–Crippen MR) is 120 cm³/mol. The Morgan fingerprint density at radius 1 is 1.19 bits per heavy atom. The molecule has 1 saturated heterocycles. The van der Waals surface area contributed by atoms with Crippen molar-refractivity contribution in [3.05, 3.63) is 47.9 Å². The Hall–Kier alpha value is -3.46. The first-order chi connectivity index (χ1) is 15.4. The molecule has 0 unspecified atom stereocenters. The molecular formula is C23H28N6O3. The Bertz CT molecular complexity index is 1130. The summed E-state index contributed by atoms with van der Waals surface area (Å²) in [7, 11) is 7.32. The van der Waals surface area contributed by atoms with Gasteiger partial charge in [-0.3, -0.25) is 4.79 Å². The molecule has 1 aliphatic heterocycles. The standard InChI is InChI=1S/C23H28N6O3/c1-15-19(22(30)28-11-9-16(14-28)27(2)3)13-25-29(15)23-24-10-8-20(26-23)18-12-17(31-4)6-7-21(18)32-5/h6-8,10,12-13,16H,9,11,14H2,1-5H3/t16-/m0/s1. The summed E-state index contributed by atoms with van der Waals surface area (Å²) in [6, 6.07) is 7.72. The maximum atomic E-state index is 13.1. The van der Waals surface area contributed by atoms with Gasteiger partial charge < -0.3 is 19.3 Å². The van der Waals surface area contributed by atoms with Gasteiger partial charge in [-0.25, -0.2) is 14.6 Å². The molecule has 32 heavy (non-hydrogen) atoms. The summed E-state index contributed by atoms with van der Waals surface area (Å²) in [5.74, 6) is 1.75. The van der Waals surface area contributed by atoms with Crippen LogP contribution in [0.2, 0.25) is 0 Å². The highest BCUT2D eigenvalue weighted by atomic mass is 16.5. The van der Waals surface area contributed by atoms with Crippen LogP contribution < -0.4 is 9.47 Å². The molecule has 1 fully saturated rings. The number of benzene rings is 1. The second-order valence-corrected chi connectivity index (χ2v) is 8.02. The van der Waals surface area contributed by atoms with E-state index >= 15 is 0 Å². The van der Waals surface area contributed by atoms with E-state index in [4.69, 9.17) is 9.47 Å². The van der Waals surface area contributed by atoms with Crippen LogP contribution in [0, 0.1) is 6.92 Å². The van der Waals surface area contributed by atoms with Gasteiger partial charge in [0.25, 0.3) is 11.9 Å². The molecule has 1 aliphatic rings. The molecule has 9 heteroatoms. The van der Waals surface area contributed by atoms with E-state index in [1.165, 1.54) is 0 Å². The lowest BCUT2D eigenvalue weighted by Gasteiger charge is -2.20. The van der Waals surface area contributed by atoms with E-state index in [0.717, 1.165) is 25.1 Å². The SMILES string of the molecule is COc1ccc(OC)c(-c2ccnc(-n3ncc(C(=O)N4CC[C@H](N(C)C)C4)c3C)n2)c1. The van der Waals surface area contributed by atoms with E-state index in [9.17, 15) is 4.79 Å². The molecule has 3 aromatic rings. The minimum absolute atomic E-state index is 0.0104. The van der Waals surface area contributed by atoms with Gasteiger partial charge in [0.15, 0.2) is 0 Å². The third kappa shape index (κ3) is 4.03. The van der Waals surface area contributed by atoms with Gasteiger partial charge in [0.05, 0.1) is 37.4 Å². The fourth-order valence-electron chi connectivity index (χ4n) is 3.95. The number of aromatic nitrogens is 4. The van der Waals surface area contributed by atoms with Gasteiger partial charge in [0.2, 0.25) is 0 Å². The maximum Gasteiger partial charge on any atom is 0.257 e. The molecule has 168 valence electrons. The highest BCUT2D eigenvalue weighted by Gasteiger charge is 2.30. The van der Waals surface area contributed by atoms with E-state index in [0.29, 0.717) is 40.4 Å². The summed E-state index contributed by atoms with van der Waals surface area (Å²) >= 11 is 0. The fourth-order valence-corrected chi connectivity index (χ4v) is 3.95. The minimum atomic E-state index is -0.0104. The second kappa shape index (κ2) is 8.96. The largest absolute Gasteiger partial charge is 0.497 e. The van der Waals surface area contributed by atoms with Crippen LogP contribution in [-0.2, 0) is 0 Å². The molecule has 1 atom stereocenters. The Kier molecular flexibility index (Phi) is 6.09. The first-order valence-corrected chi connectivity index (χ1v) is 10.5. The lowest BCUT2D eigenvalue weighted by molar-refractivity contribution is 0.0782. The molecule has 0 aliphatic carbocycles. The van der Waals surface area contributed by atoms with E-state index in [2.05, 4.69) is 20.0 Å². The van der Waals surface area contributed by atoms with E-state index in [1.807, 2.05) is 44.1 Å². The summed E-state index contributed by atoms with van der Waals surface area (Å²) in [5, 5.41) is 4.42. The minimum Gasteiger partial charge on any atom is -0.497 e. The van der Waals surface area contributed by atoms with Crippen LogP contribution in [0.25, 0.3) is 17.2 Å². The number of likely N-dealkylation sites (N-methyl/N-ethyl adjacent to an activating group) is 1. The molecule has 0 spiro atoms. The van der Waals surface area contributed by atoms with Gasteiger partial charge in [0.1, 0.15) is 11.5 Å². The number of methoxy groups -OCH3 is 2. The molecule has 3 heterocycles. The van der Waals surface area contributed by atoms with Crippen LogP contribution in [0.4, 0.5) is 0 Å². The van der Waals surface area contributed by atoms with Crippen molar-refractivity contribution in [3.8, 4) is 28.7 Å². The quantitative estimate of drug-likeness (QED) is 0.587. The van der Waals surface area contributed by atoms with Gasteiger partial charge in [0, 0.05) is 30.9 Å². The summed E-state index contributed by atoms with van der Waals surface area (Å²) in [6.07, 6.45) is 4.24.